The fourth-order valence-corrected chi connectivity index (χ4v) is 2.08. The quantitative estimate of drug-likeness (QED) is 0.732. The van der Waals surface area contributed by atoms with Gasteiger partial charge in [0.25, 0.3) is 0 Å². The lowest BCUT2D eigenvalue weighted by Gasteiger charge is -2.18. The maximum atomic E-state index is 13.3. The Kier molecular flexibility index (Phi) is 7.55. The molecule has 0 aliphatic rings. The Morgan fingerprint density at radius 1 is 1.10 bits per heavy atom. The third kappa shape index (κ3) is 5.47. The number of halogens is 1. The van der Waals surface area contributed by atoms with Crippen molar-refractivity contribution in [2.45, 2.75) is 58.2 Å². The molecule has 4 heteroatoms. The molecule has 3 nitrogen and oxygen atoms in total. The summed E-state index contributed by atoms with van der Waals surface area (Å²) in [6.45, 7) is 4.55. The predicted molar refractivity (Wildman–Crippen MR) is 77.4 cm³/mol. The molecular formula is C16H25FO3. The van der Waals surface area contributed by atoms with Gasteiger partial charge in [0, 0.05) is 0 Å². The van der Waals surface area contributed by atoms with Crippen molar-refractivity contribution < 1.29 is 19.3 Å². The second-order valence-electron chi connectivity index (χ2n) is 5.06. The summed E-state index contributed by atoms with van der Waals surface area (Å²) in [6.07, 6.45) is 1.67. The molecule has 1 aromatic rings. The minimum atomic E-state index is -0.780. The van der Waals surface area contributed by atoms with Gasteiger partial charge in [0.05, 0.1) is 18.8 Å². The molecule has 2 N–H and O–H groups in total. The van der Waals surface area contributed by atoms with Gasteiger partial charge in [0.2, 0.25) is 0 Å². The van der Waals surface area contributed by atoms with Crippen LogP contribution in [0.4, 0.5) is 4.39 Å². The SMILES string of the molecule is CCCOc1ccc(F)cc1CCC(O)C(O)CCC. The fraction of sp³-hybridized carbons (Fsp3) is 0.625. The molecule has 0 heterocycles. The Balaban J connectivity index is 2.63. The zero-order valence-corrected chi connectivity index (χ0v) is 12.3. The maximum absolute atomic E-state index is 13.3. The molecule has 0 aliphatic heterocycles. The van der Waals surface area contributed by atoms with Crippen molar-refractivity contribution in [3.05, 3.63) is 29.6 Å². The van der Waals surface area contributed by atoms with E-state index in [1.807, 2.05) is 13.8 Å². The van der Waals surface area contributed by atoms with Crippen LogP contribution in [0.5, 0.6) is 5.75 Å². The lowest BCUT2D eigenvalue weighted by atomic mass is 10.0. The van der Waals surface area contributed by atoms with Gasteiger partial charge in [-0.2, -0.15) is 0 Å². The topological polar surface area (TPSA) is 49.7 Å². The van der Waals surface area contributed by atoms with Crippen LogP contribution < -0.4 is 4.74 Å². The molecule has 2 unspecified atom stereocenters. The highest BCUT2D eigenvalue weighted by Gasteiger charge is 2.16. The Bertz CT molecular complexity index is 395. The number of benzene rings is 1. The molecule has 0 spiro atoms. The summed E-state index contributed by atoms with van der Waals surface area (Å²) < 4.78 is 18.9. The van der Waals surface area contributed by atoms with Crippen molar-refractivity contribution >= 4 is 0 Å². The van der Waals surface area contributed by atoms with E-state index in [-0.39, 0.29) is 5.82 Å². The minimum absolute atomic E-state index is 0.313. The van der Waals surface area contributed by atoms with E-state index >= 15 is 0 Å². The molecule has 1 aromatic carbocycles. The van der Waals surface area contributed by atoms with Crippen LogP contribution in [0.1, 0.15) is 45.1 Å². The van der Waals surface area contributed by atoms with Crippen molar-refractivity contribution in [3.63, 3.8) is 0 Å². The van der Waals surface area contributed by atoms with Crippen LogP contribution in [0.2, 0.25) is 0 Å². The zero-order chi connectivity index (χ0) is 15.0. The summed E-state index contributed by atoms with van der Waals surface area (Å²) in [6, 6.07) is 4.43. The number of aliphatic hydroxyl groups is 2. The number of aliphatic hydroxyl groups excluding tert-OH is 2. The maximum Gasteiger partial charge on any atom is 0.123 e. The van der Waals surface area contributed by atoms with Crippen LogP contribution in [-0.4, -0.2) is 29.0 Å². The zero-order valence-electron chi connectivity index (χ0n) is 12.3. The largest absolute Gasteiger partial charge is 0.493 e. The van der Waals surface area contributed by atoms with Crippen LogP contribution in [0.3, 0.4) is 0 Å². The number of hydrogen-bond acceptors (Lipinski definition) is 3. The first-order valence-corrected chi connectivity index (χ1v) is 7.35. The van der Waals surface area contributed by atoms with Gasteiger partial charge in [0.15, 0.2) is 0 Å². The summed E-state index contributed by atoms with van der Waals surface area (Å²) in [5, 5.41) is 19.6. The van der Waals surface area contributed by atoms with Gasteiger partial charge in [-0.05, 0) is 49.4 Å². The molecule has 0 aliphatic carbocycles. The van der Waals surface area contributed by atoms with Gasteiger partial charge < -0.3 is 14.9 Å². The van der Waals surface area contributed by atoms with Crippen LogP contribution in [0, 0.1) is 5.82 Å². The van der Waals surface area contributed by atoms with Gasteiger partial charge in [-0.3, -0.25) is 0 Å². The molecule has 0 radical (unpaired) electrons. The highest BCUT2D eigenvalue weighted by Crippen LogP contribution is 2.22. The molecule has 1 rings (SSSR count). The van der Waals surface area contributed by atoms with E-state index in [1.165, 1.54) is 12.1 Å². The van der Waals surface area contributed by atoms with E-state index in [9.17, 15) is 14.6 Å². The molecule has 0 aromatic heterocycles. The third-order valence-corrected chi connectivity index (χ3v) is 3.22. The summed E-state index contributed by atoms with van der Waals surface area (Å²) in [4.78, 5) is 0. The Morgan fingerprint density at radius 3 is 2.45 bits per heavy atom. The van der Waals surface area contributed by atoms with Gasteiger partial charge in [-0.1, -0.05) is 20.3 Å². The monoisotopic (exact) mass is 284 g/mol. The van der Waals surface area contributed by atoms with Crippen LogP contribution in [-0.2, 0) is 6.42 Å². The van der Waals surface area contributed by atoms with Gasteiger partial charge in [-0.15, -0.1) is 0 Å². The van der Waals surface area contributed by atoms with Gasteiger partial charge >= 0.3 is 0 Å². The second kappa shape index (κ2) is 8.93. The van der Waals surface area contributed by atoms with Crippen molar-refractivity contribution in [3.8, 4) is 5.75 Å². The predicted octanol–water partition coefficient (Wildman–Crippen LogP) is 3.07. The number of aryl methyl sites for hydroxylation is 1. The molecular weight excluding hydrogens is 259 g/mol. The first-order chi connectivity index (χ1) is 9.58. The van der Waals surface area contributed by atoms with E-state index in [1.54, 1.807) is 6.07 Å². The highest BCUT2D eigenvalue weighted by molar-refractivity contribution is 5.34. The summed E-state index contributed by atoms with van der Waals surface area (Å²) >= 11 is 0. The lowest BCUT2D eigenvalue weighted by molar-refractivity contribution is 0.00971. The second-order valence-corrected chi connectivity index (χ2v) is 5.06. The van der Waals surface area contributed by atoms with Crippen LogP contribution in [0.15, 0.2) is 18.2 Å². The molecule has 0 fully saturated rings. The molecule has 2 atom stereocenters. The molecule has 0 saturated heterocycles. The number of rotatable bonds is 9. The highest BCUT2D eigenvalue weighted by atomic mass is 19.1. The van der Waals surface area contributed by atoms with E-state index in [2.05, 4.69) is 0 Å². The number of hydrogen-bond donors (Lipinski definition) is 2. The van der Waals surface area contributed by atoms with Crippen molar-refractivity contribution in [2.75, 3.05) is 6.61 Å². The van der Waals surface area contributed by atoms with E-state index in [0.717, 1.165) is 18.4 Å². The first-order valence-electron chi connectivity index (χ1n) is 7.35. The Morgan fingerprint density at radius 2 is 1.80 bits per heavy atom. The fourth-order valence-electron chi connectivity index (χ4n) is 2.08. The average Bonchev–Trinajstić information content (AvgIpc) is 2.44. The third-order valence-electron chi connectivity index (χ3n) is 3.22. The standard InChI is InChI=1S/C16H25FO3/c1-3-5-14(18)15(19)8-6-12-11-13(17)7-9-16(12)20-10-4-2/h7,9,11,14-15,18-19H,3-6,8,10H2,1-2H3. The molecule has 114 valence electrons. The summed E-state index contributed by atoms with van der Waals surface area (Å²) in [5.41, 5.74) is 0.737. The van der Waals surface area contributed by atoms with Gasteiger partial charge in [0.1, 0.15) is 11.6 Å². The van der Waals surface area contributed by atoms with Crippen molar-refractivity contribution in [1.82, 2.24) is 0 Å². The smallest absolute Gasteiger partial charge is 0.123 e. The molecule has 0 saturated carbocycles. The average molecular weight is 284 g/mol. The molecule has 20 heavy (non-hydrogen) atoms. The molecule has 0 amide bonds. The van der Waals surface area contributed by atoms with E-state index in [0.29, 0.717) is 31.6 Å². The number of ether oxygens (including phenoxy) is 1. The van der Waals surface area contributed by atoms with E-state index in [4.69, 9.17) is 4.74 Å². The molecule has 0 bridgehead atoms. The Hall–Kier alpha value is -1.13. The van der Waals surface area contributed by atoms with Crippen molar-refractivity contribution in [2.24, 2.45) is 0 Å². The van der Waals surface area contributed by atoms with Crippen molar-refractivity contribution in [1.29, 1.82) is 0 Å². The van der Waals surface area contributed by atoms with Crippen LogP contribution >= 0.6 is 0 Å². The summed E-state index contributed by atoms with van der Waals surface area (Å²) in [7, 11) is 0. The lowest BCUT2D eigenvalue weighted by Crippen LogP contribution is -2.26. The van der Waals surface area contributed by atoms with Gasteiger partial charge in [-0.25, -0.2) is 4.39 Å². The summed E-state index contributed by atoms with van der Waals surface area (Å²) in [5.74, 6) is 0.345. The normalized spacial score (nSPS) is 14.1. The Labute approximate surface area is 120 Å². The van der Waals surface area contributed by atoms with Crippen LogP contribution in [0.25, 0.3) is 0 Å². The minimum Gasteiger partial charge on any atom is -0.493 e. The van der Waals surface area contributed by atoms with E-state index < -0.39 is 12.2 Å². The first kappa shape index (κ1) is 16.9.